The van der Waals surface area contributed by atoms with E-state index < -0.39 is 24.4 Å². The van der Waals surface area contributed by atoms with Gasteiger partial charge in [-0.05, 0) is 23.8 Å². The smallest absolute Gasteiger partial charge is 0.325 e. The van der Waals surface area contributed by atoms with Gasteiger partial charge in [0.15, 0.2) is 6.61 Å². The third kappa shape index (κ3) is 6.38. The van der Waals surface area contributed by atoms with Crippen LogP contribution in [0.3, 0.4) is 0 Å². The fourth-order valence-electron chi connectivity index (χ4n) is 1.94. The van der Waals surface area contributed by atoms with E-state index in [1.54, 1.807) is 0 Å². The molecule has 0 aliphatic heterocycles. The van der Waals surface area contributed by atoms with Crippen LogP contribution in [0.2, 0.25) is 10.0 Å². The van der Waals surface area contributed by atoms with Gasteiger partial charge in [-0.3, -0.25) is 14.4 Å². The Morgan fingerprint density at radius 1 is 0.923 bits per heavy atom. The standard InChI is InChI=1S/C18H16Cl2N2O4/c19-14-7-6-13(8-15(14)20)18(25)22-10-17(24)26-11-16(23)21-9-12-4-2-1-3-5-12/h1-8H,9-11H2,(H,21,23)(H,22,25). The van der Waals surface area contributed by atoms with Gasteiger partial charge in [-0.2, -0.15) is 0 Å². The largest absolute Gasteiger partial charge is 0.454 e. The Balaban J connectivity index is 1.68. The summed E-state index contributed by atoms with van der Waals surface area (Å²) in [4.78, 5) is 35.2. The third-order valence-corrected chi connectivity index (χ3v) is 4.01. The van der Waals surface area contributed by atoms with Crippen LogP contribution in [-0.2, 0) is 20.9 Å². The molecule has 0 bridgehead atoms. The zero-order valence-corrected chi connectivity index (χ0v) is 15.1. The minimum atomic E-state index is -0.728. The van der Waals surface area contributed by atoms with E-state index in [1.807, 2.05) is 30.3 Å². The molecule has 136 valence electrons. The van der Waals surface area contributed by atoms with Crippen molar-refractivity contribution in [2.75, 3.05) is 13.2 Å². The molecule has 0 aliphatic rings. The molecule has 2 aromatic carbocycles. The predicted molar refractivity (Wildman–Crippen MR) is 98.0 cm³/mol. The number of nitrogens with one attached hydrogen (secondary N) is 2. The molecule has 0 aromatic heterocycles. The van der Waals surface area contributed by atoms with Crippen LogP contribution < -0.4 is 10.6 Å². The van der Waals surface area contributed by atoms with E-state index in [1.165, 1.54) is 18.2 Å². The summed E-state index contributed by atoms with van der Waals surface area (Å²) in [7, 11) is 0. The highest BCUT2D eigenvalue weighted by molar-refractivity contribution is 6.42. The van der Waals surface area contributed by atoms with Gasteiger partial charge in [0.2, 0.25) is 0 Å². The average Bonchev–Trinajstić information content (AvgIpc) is 2.65. The number of esters is 1. The van der Waals surface area contributed by atoms with Crippen molar-refractivity contribution in [2.24, 2.45) is 0 Å². The second-order valence-electron chi connectivity index (χ2n) is 5.23. The van der Waals surface area contributed by atoms with Crippen molar-refractivity contribution >= 4 is 41.0 Å². The maximum atomic E-state index is 11.9. The van der Waals surface area contributed by atoms with Crippen LogP contribution in [0.4, 0.5) is 0 Å². The molecule has 0 spiro atoms. The molecular weight excluding hydrogens is 379 g/mol. The molecule has 2 rings (SSSR count). The third-order valence-electron chi connectivity index (χ3n) is 3.27. The van der Waals surface area contributed by atoms with E-state index in [-0.39, 0.29) is 17.1 Å². The van der Waals surface area contributed by atoms with E-state index in [4.69, 9.17) is 27.9 Å². The molecule has 0 saturated heterocycles. The van der Waals surface area contributed by atoms with Crippen molar-refractivity contribution in [1.82, 2.24) is 10.6 Å². The summed E-state index contributed by atoms with van der Waals surface area (Å²) in [6.45, 7) is -0.454. The lowest BCUT2D eigenvalue weighted by Gasteiger charge is -2.08. The highest BCUT2D eigenvalue weighted by atomic mass is 35.5. The summed E-state index contributed by atoms with van der Waals surface area (Å²) in [6, 6.07) is 13.7. The number of carbonyl (C=O) groups is 3. The van der Waals surface area contributed by atoms with Crippen LogP contribution in [-0.4, -0.2) is 30.9 Å². The van der Waals surface area contributed by atoms with Crippen LogP contribution in [0.25, 0.3) is 0 Å². The highest BCUT2D eigenvalue weighted by Gasteiger charge is 2.12. The summed E-state index contributed by atoms with van der Waals surface area (Å²) in [5, 5.41) is 5.56. The zero-order valence-electron chi connectivity index (χ0n) is 13.6. The van der Waals surface area contributed by atoms with Gasteiger partial charge in [0, 0.05) is 12.1 Å². The number of halogens is 2. The number of rotatable bonds is 7. The number of ether oxygens (including phenoxy) is 1. The van der Waals surface area contributed by atoms with Crippen LogP contribution >= 0.6 is 23.2 Å². The number of hydrogen-bond donors (Lipinski definition) is 2. The van der Waals surface area contributed by atoms with Crippen LogP contribution in [0.5, 0.6) is 0 Å². The SMILES string of the molecule is O=C(COC(=O)CNC(=O)c1ccc(Cl)c(Cl)c1)NCc1ccccc1. The van der Waals surface area contributed by atoms with Gasteiger partial charge in [0.1, 0.15) is 6.54 Å². The second kappa shape index (κ2) is 9.79. The Bertz CT molecular complexity index is 797. The van der Waals surface area contributed by atoms with Gasteiger partial charge in [-0.1, -0.05) is 53.5 Å². The first-order valence-electron chi connectivity index (χ1n) is 7.65. The fourth-order valence-corrected chi connectivity index (χ4v) is 2.23. The maximum Gasteiger partial charge on any atom is 0.325 e. The molecule has 0 aliphatic carbocycles. The van der Waals surface area contributed by atoms with Crippen molar-refractivity contribution in [3.8, 4) is 0 Å². The topological polar surface area (TPSA) is 84.5 Å². The van der Waals surface area contributed by atoms with Crippen LogP contribution in [0, 0.1) is 0 Å². The molecule has 2 N–H and O–H groups in total. The molecule has 8 heteroatoms. The van der Waals surface area contributed by atoms with Crippen molar-refractivity contribution in [2.45, 2.75) is 6.54 Å². The number of amides is 2. The minimum Gasteiger partial charge on any atom is -0.454 e. The van der Waals surface area contributed by atoms with Crippen LogP contribution in [0.1, 0.15) is 15.9 Å². The Morgan fingerprint density at radius 2 is 1.65 bits per heavy atom. The quantitative estimate of drug-likeness (QED) is 0.706. The van der Waals surface area contributed by atoms with Crippen molar-refractivity contribution in [3.63, 3.8) is 0 Å². The van der Waals surface area contributed by atoms with Crippen molar-refractivity contribution in [1.29, 1.82) is 0 Å². The molecule has 0 radical (unpaired) electrons. The van der Waals surface area contributed by atoms with Gasteiger partial charge in [0.05, 0.1) is 10.0 Å². The normalized spacial score (nSPS) is 10.1. The van der Waals surface area contributed by atoms with E-state index in [9.17, 15) is 14.4 Å². The first kappa shape index (κ1) is 19.8. The summed E-state index contributed by atoms with van der Waals surface area (Å²) >= 11 is 11.6. The van der Waals surface area contributed by atoms with Gasteiger partial charge in [0.25, 0.3) is 11.8 Å². The molecular formula is C18H16Cl2N2O4. The first-order valence-corrected chi connectivity index (χ1v) is 8.41. The highest BCUT2D eigenvalue weighted by Crippen LogP contribution is 2.22. The summed E-state index contributed by atoms with van der Waals surface area (Å²) < 4.78 is 4.81. The van der Waals surface area contributed by atoms with Crippen molar-refractivity contribution in [3.05, 3.63) is 69.7 Å². The monoisotopic (exact) mass is 394 g/mol. The lowest BCUT2D eigenvalue weighted by Crippen LogP contribution is -2.33. The second-order valence-corrected chi connectivity index (χ2v) is 6.05. The van der Waals surface area contributed by atoms with E-state index in [0.717, 1.165) is 5.56 Å². The summed E-state index contributed by atoms with van der Waals surface area (Å²) in [6.07, 6.45) is 0. The molecule has 0 atom stereocenters. The van der Waals surface area contributed by atoms with E-state index >= 15 is 0 Å². The number of hydrogen-bond acceptors (Lipinski definition) is 4. The molecule has 26 heavy (non-hydrogen) atoms. The fraction of sp³-hybridized carbons (Fsp3) is 0.167. The molecule has 2 aromatic rings. The summed E-state index contributed by atoms with van der Waals surface area (Å²) in [5.74, 6) is -1.67. The Morgan fingerprint density at radius 3 is 2.35 bits per heavy atom. The maximum absolute atomic E-state index is 11.9. The lowest BCUT2D eigenvalue weighted by molar-refractivity contribution is -0.147. The van der Waals surface area contributed by atoms with E-state index in [2.05, 4.69) is 10.6 Å². The first-order chi connectivity index (χ1) is 12.5. The zero-order chi connectivity index (χ0) is 18.9. The minimum absolute atomic E-state index is 0.233. The Hall–Kier alpha value is -2.57. The number of benzene rings is 2. The molecule has 0 saturated carbocycles. The van der Waals surface area contributed by atoms with Gasteiger partial charge in [-0.25, -0.2) is 0 Å². The van der Waals surface area contributed by atoms with Gasteiger partial charge >= 0.3 is 5.97 Å². The Labute approximate surface area is 160 Å². The van der Waals surface area contributed by atoms with Gasteiger partial charge < -0.3 is 15.4 Å². The molecule has 0 fully saturated rings. The van der Waals surface area contributed by atoms with E-state index in [0.29, 0.717) is 11.6 Å². The molecule has 2 amide bonds. The van der Waals surface area contributed by atoms with Gasteiger partial charge in [-0.15, -0.1) is 0 Å². The van der Waals surface area contributed by atoms with Crippen LogP contribution in [0.15, 0.2) is 48.5 Å². The Kier molecular flexibility index (Phi) is 7.44. The average molecular weight is 395 g/mol. The number of carbonyl (C=O) groups excluding carboxylic acids is 3. The molecule has 6 nitrogen and oxygen atoms in total. The van der Waals surface area contributed by atoms with Crippen molar-refractivity contribution < 1.29 is 19.1 Å². The molecule has 0 unspecified atom stereocenters. The summed E-state index contributed by atoms with van der Waals surface area (Å²) in [5.41, 5.74) is 1.19. The molecule has 0 heterocycles. The lowest BCUT2D eigenvalue weighted by atomic mass is 10.2. The predicted octanol–water partition coefficient (Wildman–Crippen LogP) is 2.58.